The van der Waals surface area contributed by atoms with Crippen LogP contribution >= 0.6 is 0 Å². The first-order valence-corrected chi connectivity index (χ1v) is 6.01. The molecule has 3 heteroatoms. The van der Waals surface area contributed by atoms with Gasteiger partial charge in [-0.1, -0.05) is 59.8 Å². The number of rotatable bonds is 7. The van der Waals surface area contributed by atoms with Crippen molar-refractivity contribution < 1.29 is 61.5 Å². The number of hydrogen-bond acceptors (Lipinski definition) is 2. The monoisotopic (exact) mass is 242 g/mol. The Kier molecular flexibility index (Phi) is 30.4. The van der Waals surface area contributed by atoms with Crippen LogP contribution in [-0.2, 0) is 4.89 Å². The van der Waals surface area contributed by atoms with Gasteiger partial charge in [0.2, 0.25) is 0 Å². The number of unbranched alkanes of at least 4 members (excludes halogenated alkanes) is 2. The summed E-state index contributed by atoms with van der Waals surface area (Å²) < 4.78 is 0. The Hall–Kier alpha value is 1.56. The van der Waals surface area contributed by atoms with E-state index in [2.05, 4.69) is 32.6 Å². The van der Waals surface area contributed by atoms with Crippen molar-refractivity contribution in [1.82, 2.24) is 0 Å². The van der Waals surface area contributed by atoms with Gasteiger partial charge in [-0.25, -0.2) is 0 Å². The van der Waals surface area contributed by atoms with Crippen LogP contribution in [0.15, 0.2) is 0 Å². The van der Waals surface area contributed by atoms with Crippen molar-refractivity contribution in [3.63, 3.8) is 0 Å². The molecule has 0 aliphatic rings. The van der Waals surface area contributed by atoms with Gasteiger partial charge in [-0.15, -0.1) is 0 Å². The predicted octanol–water partition coefficient (Wildman–Crippen LogP) is 0.305. The van der Waals surface area contributed by atoms with Gasteiger partial charge in [0.25, 0.3) is 0 Å². The molecule has 1 atom stereocenters. The van der Waals surface area contributed by atoms with E-state index in [1.165, 1.54) is 25.7 Å². The van der Waals surface area contributed by atoms with E-state index in [0.29, 0.717) is 12.5 Å². The molecule has 1 unspecified atom stereocenters. The summed E-state index contributed by atoms with van der Waals surface area (Å²) in [4.78, 5) is 3.88. The molecule has 0 N–H and O–H groups in total. The van der Waals surface area contributed by atoms with E-state index in [9.17, 15) is 5.26 Å². The molecule has 0 spiro atoms. The minimum Gasteiger partial charge on any atom is -0.723 e. The second-order valence-corrected chi connectivity index (χ2v) is 3.76. The summed E-state index contributed by atoms with van der Waals surface area (Å²) in [5.74, 6) is 0.485. The van der Waals surface area contributed by atoms with Crippen LogP contribution in [0.4, 0.5) is 0 Å². The first-order valence-electron chi connectivity index (χ1n) is 6.01. The normalized spacial score (nSPS) is 11.0. The molecule has 0 aromatic carbocycles. The summed E-state index contributed by atoms with van der Waals surface area (Å²) in [6.45, 7) is 8.93. The predicted molar refractivity (Wildman–Crippen MR) is 59.8 cm³/mol. The first kappa shape index (κ1) is 21.8. The Balaban J connectivity index is -0.000000320. The maximum atomic E-state index is 9.83. The van der Waals surface area contributed by atoms with E-state index >= 15 is 0 Å². The van der Waals surface area contributed by atoms with Crippen molar-refractivity contribution in [2.24, 2.45) is 5.92 Å². The summed E-state index contributed by atoms with van der Waals surface area (Å²) in [6.07, 6.45) is 7.21. The fraction of sp³-hybridized carbons (Fsp3) is 1.00. The standard InChI is InChI=1S/C9H20O2.C3H8.K/c1-3-5-6-7-9(4-2)8-11-10;1-3-2;/h9-10H,3-8H2,1-2H3;3H2,1-2H3;/q;;+1/p-1. The molecular weight excluding hydrogens is 215 g/mol. The Morgan fingerprint density at radius 1 is 1.07 bits per heavy atom. The molecule has 0 radical (unpaired) electrons. The molecule has 88 valence electrons. The average molecular weight is 242 g/mol. The molecule has 0 aromatic heterocycles. The SMILES string of the molecule is CCC.CCCCCC(CC)CO[O-].[K+]. The van der Waals surface area contributed by atoms with Gasteiger partial charge >= 0.3 is 51.4 Å². The van der Waals surface area contributed by atoms with Crippen LogP contribution in [-0.4, -0.2) is 6.61 Å². The molecule has 0 saturated heterocycles. The molecule has 0 amide bonds. The molecule has 0 aliphatic carbocycles. The minimum atomic E-state index is 0. The molecule has 15 heavy (non-hydrogen) atoms. The van der Waals surface area contributed by atoms with Crippen LogP contribution in [0, 0.1) is 5.92 Å². The molecule has 0 aromatic rings. The Labute approximate surface area is 139 Å². The quantitative estimate of drug-likeness (QED) is 0.278. The zero-order chi connectivity index (χ0) is 11.2. The molecular formula is C12H27KO2. The molecule has 0 aliphatic heterocycles. The summed E-state index contributed by atoms with van der Waals surface area (Å²) in [7, 11) is 0. The summed E-state index contributed by atoms with van der Waals surface area (Å²) >= 11 is 0. The third-order valence-corrected chi connectivity index (χ3v) is 2.10. The maximum Gasteiger partial charge on any atom is 1.00 e. The first-order chi connectivity index (χ1) is 6.76. The van der Waals surface area contributed by atoms with Crippen molar-refractivity contribution in [3.05, 3.63) is 0 Å². The van der Waals surface area contributed by atoms with E-state index < -0.39 is 0 Å². The van der Waals surface area contributed by atoms with Crippen molar-refractivity contribution >= 4 is 0 Å². The van der Waals surface area contributed by atoms with Gasteiger partial charge < -0.3 is 10.1 Å². The topological polar surface area (TPSA) is 32.3 Å². The van der Waals surface area contributed by atoms with Gasteiger partial charge in [0.15, 0.2) is 0 Å². The van der Waals surface area contributed by atoms with E-state index in [1.807, 2.05) is 0 Å². The average Bonchev–Trinajstić information content (AvgIpc) is 2.18. The zero-order valence-corrected chi connectivity index (χ0v) is 14.5. The fourth-order valence-corrected chi connectivity index (χ4v) is 1.18. The van der Waals surface area contributed by atoms with E-state index in [-0.39, 0.29) is 51.4 Å². The molecule has 0 fully saturated rings. The van der Waals surface area contributed by atoms with Crippen molar-refractivity contribution in [1.29, 1.82) is 0 Å². The van der Waals surface area contributed by atoms with E-state index in [4.69, 9.17) is 0 Å². The van der Waals surface area contributed by atoms with E-state index in [0.717, 1.165) is 12.8 Å². The largest absolute Gasteiger partial charge is 1.00 e. The Bertz CT molecular complexity index is 89.7. The van der Waals surface area contributed by atoms with Crippen LogP contribution in [0.2, 0.25) is 0 Å². The van der Waals surface area contributed by atoms with Crippen LogP contribution < -0.4 is 56.6 Å². The second-order valence-electron chi connectivity index (χ2n) is 3.76. The Morgan fingerprint density at radius 3 is 1.93 bits per heavy atom. The summed E-state index contributed by atoms with van der Waals surface area (Å²) in [5, 5.41) is 9.83. The van der Waals surface area contributed by atoms with Crippen LogP contribution in [0.25, 0.3) is 0 Å². The maximum absolute atomic E-state index is 9.83. The van der Waals surface area contributed by atoms with Crippen LogP contribution in [0.5, 0.6) is 0 Å². The van der Waals surface area contributed by atoms with Crippen molar-refractivity contribution in [2.75, 3.05) is 6.61 Å². The number of hydrogen-bond donors (Lipinski definition) is 0. The van der Waals surface area contributed by atoms with Crippen LogP contribution in [0.3, 0.4) is 0 Å². The molecule has 0 heterocycles. The molecule has 2 nitrogen and oxygen atoms in total. The Morgan fingerprint density at radius 2 is 1.60 bits per heavy atom. The van der Waals surface area contributed by atoms with Gasteiger partial charge in [0.05, 0.1) is 0 Å². The molecule has 0 rings (SSSR count). The molecule has 0 bridgehead atoms. The fourth-order valence-electron chi connectivity index (χ4n) is 1.18. The van der Waals surface area contributed by atoms with Gasteiger partial charge in [0.1, 0.15) is 0 Å². The van der Waals surface area contributed by atoms with Crippen molar-refractivity contribution in [3.8, 4) is 0 Å². The van der Waals surface area contributed by atoms with Crippen LogP contribution in [0.1, 0.15) is 66.2 Å². The minimum absolute atomic E-state index is 0. The van der Waals surface area contributed by atoms with E-state index in [1.54, 1.807) is 0 Å². The zero-order valence-electron chi connectivity index (χ0n) is 11.3. The smallest absolute Gasteiger partial charge is 0.723 e. The second kappa shape index (κ2) is 20.9. The summed E-state index contributed by atoms with van der Waals surface area (Å²) in [5.41, 5.74) is 0. The van der Waals surface area contributed by atoms with Gasteiger partial charge in [-0.05, 0) is 12.3 Å². The van der Waals surface area contributed by atoms with Crippen molar-refractivity contribution in [2.45, 2.75) is 66.2 Å². The third-order valence-electron chi connectivity index (χ3n) is 2.10. The third kappa shape index (κ3) is 21.4. The van der Waals surface area contributed by atoms with Gasteiger partial charge in [-0.3, -0.25) is 0 Å². The summed E-state index contributed by atoms with van der Waals surface area (Å²) in [6, 6.07) is 0. The molecule has 0 saturated carbocycles. The van der Waals surface area contributed by atoms with Gasteiger partial charge in [-0.2, -0.15) is 0 Å². The van der Waals surface area contributed by atoms with Gasteiger partial charge in [0, 0.05) is 6.61 Å².